The van der Waals surface area contributed by atoms with Crippen LogP contribution in [0.2, 0.25) is 20.0 Å². The van der Waals surface area contributed by atoms with Crippen molar-refractivity contribution < 1.29 is 0 Å². The molecule has 0 fully saturated rings. The van der Waals surface area contributed by atoms with E-state index in [2.05, 4.69) is 61.1 Å². The molecule has 0 aromatic heterocycles. The molecule has 0 unspecified atom stereocenters. The van der Waals surface area contributed by atoms with Crippen molar-refractivity contribution in [1.82, 2.24) is 0 Å². The molecular formula is C13H30Ge. The molecule has 1 heteroatoms. The predicted molar refractivity (Wildman–Crippen MR) is 70.7 cm³/mol. The molecule has 0 amide bonds. The van der Waals surface area contributed by atoms with Gasteiger partial charge < -0.3 is 0 Å². The summed E-state index contributed by atoms with van der Waals surface area (Å²) in [7, 11) is 0. The minimum absolute atomic E-state index is 0.506. The van der Waals surface area contributed by atoms with E-state index in [-0.39, 0.29) is 0 Å². The summed E-state index contributed by atoms with van der Waals surface area (Å²) in [6, 6.07) is 0. The van der Waals surface area contributed by atoms with Gasteiger partial charge in [0.25, 0.3) is 0 Å². The van der Waals surface area contributed by atoms with Crippen LogP contribution in [0.1, 0.15) is 55.4 Å². The Bertz CT molecular complexity index is 180. The van der Waals surface area contributed by atoms with E-state index in [0.717, 1.165) is 4.75 Å². The Morgan fingerprint density at radius 3 is 1.36 bits per heavy atom. The molecule has 0 aromatic rings. The van der Waals surface area contributed by atoms with Crippen molar-refractivity contribution in [1.29, 1.82) is 0 Å². The molecule has 0 aliphatic rings. The summed E-state index contributed by atoms with van der Waals surface area (Å²) in [5.41, 5.74) is 0.506. The van der Waals surface area contributed by atoms with Gasteiger partial charge >= 0.3 is 94.1 Å². The Kier molecular flexibility index (Phi) is 4.36. The summed E-state index contributed by atoms with van der Waals surface area (Å²) < 4.78 is 1.50. The van der Waals surface area contributed by atoms with Crippen LogP contribution in [0, 0.1) is 5.41 Å². The fourth-order valence-corrected chi connectivity index (χ4v) is 12.7. The molecule has 0 aliphatic heterocycles. The first-order valence-electron chi connectivity index (χ1n) is 5.90. The fraction of sp³-hybridized carbons (Fsp3) is 1.00. The van der Waals surface area contributed by atoms with E-state index >= 15 is 0 Å². The Labute approximate surface area is 94.2 Å². The Morgan fingerprint density at radius 1 is 0.929 bits per heavy atom. The topological polar surface area (TPSA) is 0 Å². The summed E-state index contributed by atoms with van der Waals surface area (Å²) in [4.78, 5) is 0. The van der Waals surface area contributed by atoms with E-state index in [0.29, 0.717) is 9.66 Å². The molecule has 86 valence electrons. The zero-order chi connectivity index (χ0) is 11.8. The van der Waals surface area contributed by atoms with Gasteiger partial charge in [-0.3, -0.25) is 0 Å². The van der Waals surface area contributed by atoms with Gasteiger partial charge in [0.1, 0.15) is 0 Å². The molecule has 0 N–H and O–H groups in total. The normalized spacial score (nSPS) is 18.4. The van der Waals surface area contributed by atoms with Gasteiger partial charge in [0.2, 0.25) is 0 Å². The molecule has 0 radical (unpaired) electrons. The first-order chi connectivity index (χ1) is 5.90. The molecule has 0 spiro atoms. The Hall–Kier alpha value is 0.543. The van der Waals surface area contributed by atoms with Crippen molar-refractivity contribution in [2.45, 2.75) is 75.4 Å². The Balaban J connectivity index is 4.94. The average Bonchev–Trinajstić information content (AvgIpc) is 1.79. The zero-order valence-corrected chi connectivity index (χ0v) is 13.9. The van der Waals surface area contributed by atoms with Crippen LogP contribution in [-0.4, -0.2) is 13.3 Å². The van der Waals surface area contributed by atoms with Crippen molar-refractivity contribution in [3.8, 4) is 0 Å². The third-order valence-corrected chi connectivity index (χ3v) is 20.2. The summed E-state index contributed by atoms with van der Waals surface area (Å²) in [5, 5.41) is 1.48. The van der Waals surface area contributed by atoms with E-state index in [1.165, 1.54) is 5.25 Å². The molecule has 0 saturated heterocycles. The maximum absolute atomic E-state index is 2.63. The standard InChI is InChI=1S/C13H30Ge/c1-11(2)14(9,13(6,7)8)10-12(3,4)5/h11H,10H2,1-9H3/t14-/m1/s1. The first-order valence-corrected chi connectivity index (χ1v) is 11.7. The van der Waals surface area contributed by atoms with Crippen molar-refractivity contribution >= 4 is 13.3 Å². The maximum atomic E-state index is 2.63. The second-order valence-electron chi connectivity index (χ2n) is 7.56. The molecule has 0 bridgehead atoms. The zero-order valence-electron chi connectivity index (χ0n) is 11.8. The van der Waals surface area contributed by atoms with E-state index in [1.54, 1.807) is 0 Å². The first kappa shape index (κ1) is 14.5. The van der Waals surface area contributed by atoms with Gasteiger partial charge in [0.05, 0.1) is 0 Å². The summed E-state index contributed by atoms with van der Waals surface area (Å²) >= 11 is -1.72. The SMILES string of the molecule is C[CH](C)[Ge@@]([CH3])([CH2]C(C)(C)C)[C](C)(C)C. The van der Waals surface area contributed by atoms with Crippen LogP contribution in [0.3, 0.4) is 0 Å². The molecule has 0 heterocycles. The van der Waals surface area contributed by atoms with E-state index in [4.69, 9.17) is 0 Å². The van der Waals surface area contributed by atoms with Crippen LogP contribution < -0.4 is 0 Å². The number of rotatable bonds is 2. The Morgan fingerprint density at radius 2 is 1.29 bits per heavy atom. The number of hydrogen-bond donors (Lipinski definition) is 0. The second-order valence-corrected chi connectivity index (χ2v) is 19.8. The van der Waals surface area contributed by atoms with Gasteiger partial charge in [-0.2, -0.15) is 0 Å². The predicted octanol–water partition coefficient (Wildman–Crippen LogP) is 5.32. The average molecular weight is 259 g/mol. The second kappa shape index (κ2) is 4.19. The molecule has 0 aliphatic carbocycles. The third kappa shape index (κ3) is 3.60. The van der Waals surface area contributed by atoms with Crippen LogP contribution in [0.25, 0.3) is 0 Å². The molecule has 14 heavy (non-hydrogen) atoms. The summed E-state index contributed by atoms with van der Waals surface area (Å²) in [5.74, 6) is 2.63. The summed E-state index contributed by atoms with van der Waals surface area (Å²) in [6.45, 7) is 19.4. The fourth-order valence-electron chi connectivity index (χ4n) is 2.44. The van der Waals surface area contributed by atoms with E-state index < -0.39 is 13.3 Å². The minimum atomic E-state index is -1.72. The molecule has 1 atom stereocenters. The van der Waals surface area contributed by atoms with Gasteiger partial charge in [-0.25, -0.2) is 0 Å². The molecule has 0 rings (SSSR count). The molecule has 0 saturated carbocycles. The van der Waals surface area contributed by atoms with Gasteiger partial charge in [-0.15, -0.1) is 0 Å². The van der Waals surface area contributed by atoms with Crippen molar-refractivity contribution in [2.75, 3.05) is 0 Å². The van der Waals surface area contributed by atoms with Crippen LogP contribution >= 0.6 is 0 Å². The van der Waals surface area contributed by atoms with Gasteiger partial charge in [0, 0.05) is 0 Å². The van der Waals surface area contributed by atoms with Crippen LogP contribution in [0.5, 0.6) is 0 Å². The van der Waals surface area contributed by atoms with Gasteiger partial charge in [0.15, 0.2) is 0 Å². The molecular weight excluding hydrogens is 229 g/mol. The molecule has 0 nitrogen and oxygen atoms in total. The molecule has 0 aromatic carbocycles. The van der Waals surface area contributed by atoms with Crippen LogP contribution in [-0.2, 0) is 0 Å². The van der Waals surface area contributed by atoms with Crippen LogP contribution in [0.4, 0.5) is 0 Å². The monoisotopic (exact) mass is 260 g/mol. The van der Waals surface area contributed by atoms with Crippen molar-refractivity contribution in [3.05, 3.63) is 0 Å². The van der Waals surface area contributed by atoms with Crippen molar-refractivity contribution in [2.24, 2.45) is 5.41 Å². The van der Waals surface area contributed by atoms with E-state index in [1.807, 2.05) is 0 Å². The third-order valence-electron chi connectivity index (χ3n) is 3.89. The van der Waals surface area contributed by atoms with Crippen LogP contribution in [0.15, 0.2) is 0 Å². The van der Waals surface area contributed by atoms with Gasteiger partial charge in [-0.05, 0) is 0 Å². The van der Waals surface area contributed by atoms with Gasteiger partial charge in [-0.1, -0.05) is 0 Å². The van der Waals surface area contributed by atoms with Crippen molar-refractivity contribution in [3.63, 3.8) is 0 Å². The number of hydrogen-bond acceptors (Lipinski definition) is 0. The summed E-state index contributed by atoms with van der Waals surface area (Å²) in [6.07, 6.45) is 0. The van der Waals surface area contributed by atoms with E-state index in [9.17, 15) is 0 Å². The quantitative estimate of drug-likeness (QED) is 0.588.